The van der Waals surface area contributed by atoms with E-state index in [9.17, 15) is 14.0 Å². The molecule has 0 aliphatic heterocycles. The number of benzene rings is 1. The molecule has 4 nitrogen and oxygen atoms in total. The third-order valence-corrected chi connectivity index (χ3v) is 3.77. The number of halogens is 2. The van der Waals surface area contributed by atoms with E-state index in [4.69, 9.17) is 16.7 Å². The second-order valence-corrected chi connectivity index (χ2v) is 5.62. The minimum atomic E-state index is -1.16. The number of anilines is 1. The molecule has 0 aliphatic rings. The van der Waals surface area contributed by atoms with E-state index in [2.05, 4.69) is 5.32 Å². The van der Waals surface area contributed by atoms with Crippen molar-refractivity contribution >= 4 is 39.8 Å². The predicted molar refractivity (Wildman–Crippen MR) is 75.4 cm³/mol. The number of amides is 1. The number of carboxylic acid groups (broad SMARTS) is 1. The molecule has 0 atom stereocenters. The normalized spacial score (nSPS) is 10.3. The zero-order valence-corrected chi connectivity index (χ0v) is 11.8. The van der Waals surface area contributed by atoms with Gasteiger partial charge >= 0.3 is 5.97 Å². The summed E-state index contributed by atoms with van der Waals surface area (Å²) in [4.78, 5) is 23.7. The summed E-state index contributed by atoms with van der Waals surface area (Å²) in [5, 5.41) is 11.4. The van der Waals surface area contributed by atoms with Gasteiger partial charge in [0.25, 0.3) is 5.91 Å². The number of hydrogen-bond acceptors (Lipinski definition) is 3. The topological polar surface area (TPSA) is 66.4 Å². The molecule has 2 N–H and O–H groups in total. The number of carboxylic acids is 1. The highest BCUT2D eigenvalue weighted by atomic mass is 35.5. The smallest absolute Gasteiger partial charge is 0.338 e. The van der Waals surface area contributed by atoms with Crippen LogP contribution in [0.15, 0.2) is 24.3 Å². The van der Waals surface area contributed by atoms with Crippen molar-refractivity contribution in [3.63, 3.8) is 0 Å². The predicted octanol–water partition coefficient (Wildman–Crippen LogP) is 3.80. The fourth-order valence-electron chi connectivity index (χ4n) is 1.62. The van der Waals surface area contributed by atoms with E-state index < -0.39 is 17.7 Å². The van der Waals surface area contributed by atoms with Crippen LogP contribution in [-0.2, 0) is 0 Å². The second-order valence-electron chi connectivity index (χ2n) is 3.96. The highest BCUT2D eigenvalue weighted by Gasteiger charge is 2.19. The highest BCUT2D eigenvalue weighted by Crippen LogP contribution is 2.28. The number of carbonyl (C=O) groups is 2. The minimum absolute atomic E-state index is 0.0247. The van der Waals surface area contributed by atoms with Gasteiger partial charge in [-0.15, -0.1) is 11.3 Å². The van der Waals surface area contributed by atoms with E-state index in [1.165, 1.54) is 24.3 Å². The van der Waals surface area contributed by atoms with Gasteiger partial charge < -0.3 is 10.4 Å². The van der Waals surface area contributed by atoms with E-state index in [0.717, 1.165) is 16.2 Å². The van der Waals surface area contributed by atoms with Gasteiger partial charge in [0, 0.05) is 4.88 Å². The quantitative estimate of drug-likeness (QED) is 0.905. The number of hydrogen-bond donors (Lipinski definition) is 2. The van der Waals surface area contributed by atoms with Gasteiger partial charge in [-0.25, -0.2) is 9.18 Å². The molecule has 1 aromatic carbocycles. The maximum atomic E-state index is 13.7. The molecule has 0 bridgehead atoms. The third-order valence-electron chi connectivity index (χ3n) is 2.51. The van der Waals surface area contributed by atoms with Crippen LogP contribution >= 0.6 is 22.9 Å². The molecular weight excluding hydrogens is 305 g/mol. The van der Waals surface area contributed by atoms with Crippen molar-refractivity contribution in [1.29, 1.82) is 0 Å². The molecule has 20 heavy (non-hydrogen) atoms. The van der Waals surface area contributed by atoms with Crippen molar-refractivity contribution in [1.82, 2.24) is 0 Å². The van der Waals surface area contributed by atoms with Crippen LogP contribution in [0, 0.1) is 12.7 Å². The van der Waals surface area contributed by atoms with Crippen molar-refractivity contribution in [3.05, 3.63) is 51.1 Å². The number of aryl methyl sites for hydroxylation is 1. The number of rotatable bonds is 3. The number of carbonyl (C=O) groups excluding carboxylic acids is 1. The molecule has 1 amide bonds. The van der Waals surface area contributed by atoms with Crippen LogP contribution in [0.4, 0.5) is 9.39 Å². The minimum Gasteiger partial charge on any atom is -0.478 e. The molecule has 7 heteroatoms. The van der Waals surface area contributed by atoms with E-state index in [1.54, 1.807) is 6.92 Å². The van der Waals surface area contributed by atoms with Crippen LogP contribution in [0.1, 0.15) is 25.6 Å². The Kier molecular flexibility index (Phi) is 4.06. The Morgan fingerprint density at radius 1 is 1.35 bits per heavy atom. The van der Waals surface area contributed by atoms with Crippen molar-refractivity contribution in [2.75, 3.05) is 5.32 Å². The molecule has 0 spiro atoms. The summed E-state index contributed by atoms with van der Waals surface area (Å²) in [7, 11) is 0. The SMILES string of the molecule is Cc1cc(C(=O)O)c(NC(=O)c2cccc(Cl)c2F)s1. The van der Waals surface area contributed by atoms with Crippen LogP contribution < -0.4 is 5.32 Å². The Balaban J connectivity index is 2.33. The molecule has 2 aromatic rings. The Morgan fingerprint density at radius 2 is 2.05 bits per heavy atom. The number of nitrogens with one attached hydrogen (secondary N) is 1. The lowest BCUT2D eigenvalue weighted by molar-refractivity contribution is 0.0698. The van der Waals surface area contributed by atoms with Gasteiger partial charge in [0.2, 0.25) is 0 Å². The lowest BCUT2D eigenvalue weighted by Gasteiger charge is -2.06. The van der Waals surface area contributed by atoms with Gasteiger partial charge in [0.15, 0.2) is 5.82 Å². The average Bonchev–Trinajstić information content (AvgIpc) is 2.73. The largest absolute Gasteiger partial charge is 0.478 e. The van der Waals surface area contributed by atoms with E-state index >= 15 is 0 Å². The monoisotopic (exact) mass is 313 g/mol. The first-order valence-electron chi connectivity index (χ1n) is 5.49. The molecule has 1 heterocycles. The third kappa shape index (κ3) is 2.81. The molecule has 1 aromatic heterocycles. The molecule has 0 saturated heterocycles. The Morgan fingerprint density at radius 3 is 2.70 bits per heavy atom. The average molecular weight is 314 g/mol. The maximum Gasteiger partial charge on any atom is 0.338 e. The maximum absolute atomic E-state index is 13.7. The molecule has 0 fully saturated rings. The standard InChI is InChI=1S/C13H9ClFNO3S/c1-6-5-8(13(18)19)12(20-6)16-11(17)7-3-2-4-9(14)10(7)15/h2-5H,1H3,(H,16,17)(H,18,19). The first-order chi connectivity index (χ1) is 9.40. The van der Waals surface area contributed by atoms with Gasteiger partial charge in [-0.2, -0.15) is 0 Å². The Hall–Kier alpha value is -1.92. The fraction of sp³-hybridized carbons (Fsp3) is 0.0769. The van der Waals surface area contributed by atoms with Crippen molar-refractivity contribution in [2.24, 2.45) is 0 Å². The van der Waals surface area contributed by atoms with E-state index in [-0.39, 0.29) is 21.2 Å². The Labute approximate surface area is 122 Å². The molecule has 0 saturated carbocycles. The van der Waals surface area contributed by atoms with Gasteiger partial charge in [-0.05, 0) is 25.1 Å². The number of thiophene rings is 1. The van der Waals surface area contributed by atoms with Crippen molar-refractivity contribution in [2.45, 2.75) is 6.92 Å². The Bertz CT molecular complexity index is 699. The van der Waals surface area contributed by atoms with Crippen LogP contribution in [0.25, 0.3) is 0 Å². The molecule has 0 radical (unpaired) electrons. The summed E-state index contributed by atoms with van der Waals surface area (Å²) in [6.45, 7) is 1.72. The van der Waals surface area contributed by atoms with Gasteiger partial charge in [0.05, 0.1) is 16.1 Å². The summed E-state index contributed by atoms with van der Waals surface area (Å²) < 4.78 is 13.7. The zero-order valence-electron chi connectivity index (χ0n) is 10.2. The zero-order chi connectivity index (χ0) is 14.9. The molecule has 0 unspecified atom stereocenters. The van der Waals surface area contributed by atoms with Crippen molar-refractivity contribution in [3.8, 4) is 0 Å². The van der Waals surface area contributed by atoms with Gasteiger partial charge in [-0.3, -0.25) is 4.79 Å². The lowest BCUT2D eigenvalue weighted by atomic mass is 10.2. The number of aromatic carboxylic acids is 1. The molecule has 104 valence electrons. The second kappa shape index (κ2) is 5.60. The first kappa shape index (κ1) is 14.5. The summed E-state index contributed by atoms with van der Waals surface area (Å²) in [5.41, 5.74) is -0.261. The lowest BCUT2D eigenvalue weighted by Crippen LogP contribution is -2.14. The van der Waals surface area contributed by atoms with E-state index in [1.807, 2.05) is 0 Å². The summed E-state index contributed by atoms with van der Waals surface area (Å²) in [6, 6.07) is 5.48. The summed E-state index contributed by atoms with van der Waals surface area (Å²) in [5.74, 6) is -2.73. The van der Waals surface area contributed by atoms with Gasteiger partial charge in [-0.1, -0.05) is 17.7 Å². The van der Waals surface area contributed by atoms with Crippen LogP contribution in [-0.4, -0.2) is 17.0 Å². The van der Waals surface area contributed by atoms with Crippen LogP contribution in [0.3, 0.4) is 0 Å². The van der Waals surface area contributed by atoms with Crippen LogP contribution in [0.2, 0.25) is 5.02 Å². The van der Waals surface area contributed by atoms with Gasteiger partial charge in [0.1, 0.15) is 5.00 Å². The molecular formula is C13H9ClFNO3S. The fourth-order valence-corrected chi connectivity index (χ4v) is 2.69. The van der Waals surface area contributed by atoms with Crippen LogP contribution in [0.5, 0.6) is 0 Å². The first-order valence-corrected chi connectivity index (χ1v) is 6.68. The summed E-state index contributed by atoms with van der Waals surface area (Å²) >= 11 is 6.71. The highest BCUT2D eigenvalue weighted by molar-refractivity contribution is 7.16. The molecule has 2 rings (SSSR count). The summed E-state index contributed by atoms with van der Waals surface area (Å²) in [6.07, 6.45) is 0. The van der Waals surface area contributed by atoms with E-state index in [0.29, 0.717) is 0 Å². The van der Waals surface area contributed by atoms with Crippen molar-refractivity contribution < 1.29 is 19.1 Å². The molecule has 0 aliphatic carbocycles.